The number of nitrogens with two attached hydrogens (primary N) is 1. The Kier molecular flexibility index (Phi) is 9.78. The molecule has 3 rings (SSSR count). The fourth-order valence-corrected chi connectivity index (χ4v) is 5.53. The van der Waals surface area contributed by atoms with Crippen LogP contribution >= 0.6 is 11.6 Å². The first-order valence-electron chi connectivity index (χ1n) is 12.3. The minimum Gasteiger partial charge on any atom is -0.351 e. The zero-order chi connectivity index (χ0) is 23.8. The van der Waals surface area contributed by atoms with E-state index in [1.54, 1.807) is 18.2 Å². The van der Waals surface area contributed by atoms with Gasteiger partial charge in [0.25, 0.3) is 0 Å². The Hall–Kier alpha value is -1.89. The van der Waals surface area contributed by atoms with Gasteiger partial charge in [-0.05, 0) is 80.2 Å². The van der Waals surface area contributed by atoms with E-state index < -0.39 is 0 Å². The summed E-state index contributed by atoms with van der Waals surface area (Å²) in [6, 6.07) is 7.07. The van der Waals surface area contributed by atoms with Gasteiger partial charge in [-0.15, -0.1) is 0 Å². The molecule has 1 saturated heterocycles. The lowest BCUT2D eigenvalue weighted by atomic mass is 9.76. The molecular weight excluding hydrogens is 436 g/mol. The van der Waals surface area contributed by atoms with Crippen molar-refractivity contribution in [3.8, 4) is 0 Å². The van der Waals surface area contributed by atoms with Crippen LogP contribution in [0, 0.1) is 17.8 Å². The Balaban J connectivity index is 1.54. The van der Waals surface area contributed by atoms with Crippen LogP contribution in [0.15, 0.2) is 30.3 Å². The van der Waals surface area contributed by atoms with Crippen molar-refractivity contribution in [2.24, 2.45) is 23.5 Å². The molecule has 2 amide bonds. The zero-order valence-electron chi connectivity index (χ0n) is 19.9. The van der Waals surface area contributed by atoms with Gasteiger partial charge >= 0.3 is 0 Å². The molecule has 0 spiro atoms. The summed E-state index contributed by atoms with van der Waals surface area (Å²) in [4.78, 5) is 27.6. The molecule has 7 heteroatoms. The number of halogens is 1. The standard InChI is InChI=1S/C26H39ClN4O2/c1-18-13-19(2)15-21(14-18)17-31-12-10-23(30-24(9-11-28)26(31)33)16-29-25(32)8-5-20-3-6-22(27)7-4-20/h3-8,18-19,21,23-24,30H,9-17,28H2,1-2H3,(H,29,32)/t18?,19?,21?,23-,24-/m0/s1. The van der Waals surface area contributed by atoms with Crippen molar-refractivity contribution < 1.29 is 9.59 Å². The summed E-state index contributed by atoms with van der Waals surface area (Å²) in [5.41, 5.74) is 6.73. The Labute approximate surface area is 203 Å². The molecule has 2 fully saturated rings. The highest BCUT2D eigenvalue weighted by Crippen LogP contribution is 2.33. The van der Waals surface area contributed by atoms with Crippen molar-refractivity contribution >= 4 is 29.5 Å². The average molecular weight is 475 g/mol. The third kappa shape index (κ3) is 8.13. The Bertz CT molecular complexity index is 803. The van der Waals surface area contributed by atoms with Gasteiger partial charge in [-0.3, -0.25) is 9.59 Å². The number of carbonyl (C=O) groups is 2. The molecule has 0 radical (unpaired) electrons. The number of hydrogen-bond acceptors (Lipinski definition) is 4. The fraction of sp³-hybridized carbons (Fsp3) is 0.615. The first-order chi connectivity index (χ1) is 15.8. The highest BCUT2D eigenvalue weighted by molar-refractivity contribution is 6.30. The van der Waals surface area contributed by atoms with E-state index in [1.807, 2.05) is 17.0 Å². The van der Waals surface area contributed by atoms with E-state index in [-0.39, 0.29) is 23.9 Å². The molecule has 1 aromatic carbocycles. The van der Waals surface area contributed by atoms with Crippen LogP contribution in [-0.4, -0.2) is 55.0 Å². The molecule has 4 atom stereocenters. The second-order valence-corrected chi connectivity index (χ2v) is 10.4. The zero-order valence-corrected chi connectivity index (χ0v) is 20.7. The highest BCUT2D eigenvalue weighted by atomic mass is 35.5. The van der Waals surface area contributed by atoms with Crippen LogP contribution in [0.5, 0.6) is 0 Å². The Morgan fingerprint density at radius 3 is 2.58 bits per heavy atom. The number of carbonyl (C=O) groups excluding carboxylic acids is 2. The summed E-state index contributed by atoms with van der Waals surface area (Å²) in [5.74, 6) is 2.02. The third-order valence-electron chi connectivity index (χ3n) is 6.82. The highest BCUT2D eigenvalue weighted by Gasteiger charge is 2.33. The average Bonchev–Trinajstić information content (AvgIpc) is 2.91. The summed E-state index contributed by atoms with van der Waals surface area (Å²) in [6.45, 7) is 7.13. The van der Waals surface area contributed by atoms with Crippen molar-refractivity contribution in [3.05, 3.63) is 40.9 Å². The van der Waals surface area contributed by atoms with Crippen molar-refractivity contribution in [1.82, 2.24) is 15.5 Å². The van der Waals surface area contributed by atoms with E-state index >= 15 is 0 Å². The quantitative estimate of drug-likeness (QED) is 0.503. The predicted molar refractivity (Wildman–Crippen MR) is 135 cm³/mol. The molecule has 33 heavy (non-hydrogen) atoms. The van der Waals surface area contributed by atoms with E-state index in [1.165, 1.54) is 25.3 Å². The molecule has 1 aromatic rings. The third-order valence-corrected chi connectivity index (χ3v) is 7.08. The maximum absolute atomic E-state index is 13.2. The van der Waals surface area contributed by atoms with Crippen molar-refractivity contribution in [3.63, 3.8) is 0 Å². The molecule has 1 aliphatic heterocycles. The van der Waals surface area contributed by atoms with E-state index in [2.05, 4.69) is 24.5 Å². The summed E-state index contributed by atoms with van der Waals surface area (Å²) >= 11 is 5.90. The van der Waals surface area contributed by atoms with E-state index in [9.17, 15) is 9.59 Å². The SMILES string of the molecule is CC1CC(C)CC(CN2CC[C@@H](CNC(=O)C=Cc3ccc(Cl)cc3)N[C@@H](CCN)C2=O)C1. The van der Waals surface area contributed by atoms with Crippen molar-refractivity contribution in [2.45, 2.75) is 58.0 Å². The topological polar surface area (TPSA) is 87.5 Å². The molecule has 4 N–H and O–H groups in total. The van der Waals surface area contributed by atoms with Gasteiger partial charge in [0.1, 0.15) is 0 Å². The van der Waals surface area contributed by atoms with Gasteiger partial charge in [-0.2, -0.15) is 0 Å². The monoisotopic (exact) mass is 474 g/mol. The summed E-state index contributed by atoms with van der Waals surface area (Å²) in [6.07, 6.45) is 8.39. The first kappa shape index (κ1) is 25.7. The van der Waals surface area contributed by atoms with Crippen molar-refractivity contribution in [1.29, 1.82) is 0 Å². The number of nitrogens with zero attached hydrogens (tertiary/aromatic N) is 1. The molecule has 1 heterocycles. The van der Waals surface area contributed by atoms with Gasteiger partial charge in [0.15, 0.2) is 0 Å². The number of amides is 2. The lowest BCUT2D eigenvalue weighted by Crippen LogP contribution is -2.50. The van der Waals surface area contributed by atoms with Crippen LogP contribution in [0.2, 0.25) is 5.02 Å². The van der Waals surface area contributed by atoms with E-state index in [0.29, 0.717) is 37.0 Å². The van der Waals surface area contributed by atoms with Gasteiger partial charge in [0.2, 0.25) is 11.8 Å². The van der Waals surface area contributed by atoms with Crippen LogP contribution in [-0.2, 0) is 9.59 Å². The molecule has 0 bridgehead atoms. The predicted octanol–water partition coefficient (Wildman–Crippen LogP) is 3.45. The number of rotatable bonds is 8. The van der Waals surface area contributed by atoms with Crippen LogP contribution < -0.4 is 16.4 Å². The summed E-state index contributed by atoms with van der Waals surface area (Å²) < 4.78 is 0. The van der Waals surface area contributed by atoms with Crippen LogP contribution in [0.3, 0.4) is 0 Å². The Morgan fingerprint density at radius 1 is 1.21 bits per heavy atom. The second-order valence-electron chi connectivity index (χ2n) is 9.98. The number of hydrogen-bond donors (Lipinski definition) is 3. The molecule has 2 unspecified atom stereocenters. The number of benzene rings is 1. The smallest absolute Gasteiger partial charge is 0.244 e. The van der Waals surface area contributed by atoms with Crippen molar-refractivity contribution in [2.75, 3.05) is 26.2 Å². The van der Waals surface area contributed by atoms with E-state index in [4.69, 9.17) is 17.3 Å². The Morgan fingerprint density at radius 2 is 1.91 bits per heavy atom. The van der Waals surface area contributed by atoms with Gasteiger partial charge < -0.3 is 21.3 Å². The first-order valence-corrected chi connectivity index (χ1v) is 12.7. The lowest BCUT2D eigenvalue weighted by molar-refractivity contribution is -0.133. The van der Waals surface area contributed by atoms with Crippen LogP contribution in [0.1, 0.15) is 51.5 Å². The van der Waals surface area contributed by atoms with Gasteiger partial charge in [-0.1, -0.05) is 37.6 Å². The lowest BCUT2D eigenvalue weighted by Gasteiger charge is -2.35. The minimum atomic E-state index is -0.289. The summed E-state index contributed by atoms with van der Waals surface area (Å²) in [7, 11) is 0. The molecule has 6 nitrogen and oxygen atoms in total. The summed E-state index contributed by atoms with van der Waals surface area (Å²) in [5, 5.41) is 7.10. The maximum atomic E-state index is 13.2. The van der Waals surface area contributed by atoms with Gasteiger partial charge in [0.05, 0.1) is 6.04 Å². The molecular formula is C26H39ClN4O2. The second kappa shape index (κ2) is 12.5. The van der Waals surface area contributed by atoms with Crippen LogP contribution in [0.25, 0.3) is 6.08 Å². The normalized spacial score (nSPS) is 28.7. The molecule has 0 aromatic heterocycles. The fourth-order valence-electron chi connectivity index (χ4n) is 5.40. The van der Waals surface area contributed by atoms with Gasteiger partial charge in [0, 0.05) is 36.8 Å². The molecule has 1 saturated carbocycles. The van der Waals surface area contributed by atoms with Gasteiger partial charge in [-0.25, -0.2) is 0 Å². The maximum Gasteiger partial charge on any atom is 0.244 e. The number of nitrogens with one attached hydrogen (secondary N) is 2. The minimum absolute atomic E-state index is 0.0348. The van der Waals surface area contributed by atoms with E-state index in [0.717, 1.165) is 30.4 Å². The molecule has 2 aliphatic rings. The largest absolute Gasteiger partial charge is 0.351 e. The molecule has 182 valence electrons. The van der Waals surface area contributed by atoms with Crippen LogP contribution in [0.4, 0.5) is 0 Å². The molecule has 1 aliphatic carbocycles.